The van der Waals surface area contributed by atoms with E-state index in [1.54, 1.807) is 13.0 Å². The predicted octanol–water partition coefficient (Wildman–Crippen LogP) is 3.84. The minimum absolute atomic E-state index is 0.254. The molecule has 22 heavy (non-hydrogen) atoms. The number of thiophene rings is 1. The smallest absolute Gasteiger partial charge is 0.263 e. The molecule has 0 unspecified atom stereocenters. The SMILES string of the molecule is COc1cc(OC)c(NS(=O)(=O)c2cc(C)sc2C)cc1Cl. The van der Waals surface area contributed by atoms with Crippen molar-refractivity contribution in [2.24, 2.45) is 0 Å². The van der Waals surface area contributed by atoms with Crippen molar-refractivity contribution in [3.8, 4) is 11.5 Å². The highest BCUT2D eigenvalue weighted by atomic mass is 35.5. The van der Waals surface area contributed by atoms with Gasteiger partial charge in [0.2, 0.25) is 0 Å². The van der Waals surface area contributed by atoms with Crippen molar-refractivity contribution in [3.05, 3.63) is 33.0 Å². The number of ether oxygens (including phenoxy) is 2. The second-order valence-corrected chi connectivity index (χ2v) is 8.09. The summed E-state index contributed by atoms with van der Waals surface area (Å²) in [7, 11) is -0.792. The summed E-state index contributed by atoms with van der Waals surface area (Å²) < 4.78 is 37.9. The first-order valence-corrected chi connectivity index (χ1v) is 8.97. The summed E-state index contributed by atoms with van der Waals surface area (Å²) >= 11 is 7.48. The van der Waals surface area contributed by atoms with E-state index in [2.05, 4.69) is 4.72 Å². The van der Waals surface area contributed by atoms with Crippen molar-refractivity contribution in [2.75, 3.05) is 18.9 Å². The van der Waals surface area contributed by atoms with E-state index in [9.17, 15) is 8.42 Å². The van der Waals surface area contributed by atoms with Crippen LogP contribution in [0, 0.1) is 13.8 Å². The molecule has 0 bridgehead atoms. The van der Waals surface area contributed by atoms with E-state index in [0.717, 1.165) is 9.75 Å². The van der Waals surface area contributed by atoms with Crippen LogP contribution in [0.2, 0.25) is 5.02 Å². The van der Waals surface area contributed by atoms with Gasteiger partial charge >= 0.3 is 0 Å². The van der Waals surface area contributed by atoms with Gasteiger partial charge in [-0.25, -0.2) is 8.42 Å². The van der Waals surface area contributed by atoms with Crippen molar-refractivity contribution >= 4 is 38.6 Å². The molecule has 1 aromatic carbocycles. The van der Waals surface area contributed by atoms with Gasteiger partial charge in [0.25, 0.3) is 10.0 Å². The number of hydrogen-bond acceptors (Lipinski definition) is 5. The van der Waals surface area contributed by atoms with Crippen molar-refractivity contribution in [1.29, 1.82) is 0 Å². The number of anilines is 1. The average molecular weight is 362 g/mol. The summed E-state index contributed by atoms with van der Waals surface area (Å²) in [5.74, 6) is 0.735. The molecular formula is C14H16ClNO4S2. The van der Waals surface area contributed by atoms with Crippen LogP contribution in [-0.4, -0.2) is 22.6 Å². The number of benzene rings is 1. The fourth-order valence-corrected chi connectivity index (χ4v) is 4.87. The third kappa shape index (κ3) is 3.31. The van der Waals surface area contributed by atoms with E-state index in [4.69, 9.17) is 21.1 Å². The fourth-order valence-electron chi connectivity index (χ4n) is 2.01. The minimum Gasteiger partial charge on any atom is -0.495 e. The Bertz CT molecular complexity index is 799. The Morgan fingerprint density at radius 2 is 1.73 bits per heavy atom. The lowest BCUT2D eigenvalue weighted by Crippen LogP contribution is -2.14. The van der Waals surface area contributed by atoms with E-state index >= 15 is 0 Å². The normalized spacial score (nSPS) is 11.3. The van der Waals surface area contributed by atoms with Crippen molar-refractivity contribution in [3.63, 3.8) is 0 Å². The highest BCUT2D eigenvalue weighted by Gasteiger charge is 2.21. The second-order valence-electron chi connectivity index (χ2n) is 4.57. The Hall–Kier alpha value is -1.44. The predicted molar refractivity (Wildman–Crippen MR) is 89.2 cm³/mol. The quantitative estimate of drug-likeness (QED) is 0.878. The second kappa shape index (κ2) is 6.36. The van der Waals surface area contributed by atoms with Gasteiger partial charge < -0.3 is 9.47 Å². The van der Waals surface area contributed by atoms with Gasteiger partial charge in [-0.15, -0.1) is 11.3 Å². The zero-order chi connectivity index (χ0) is 16.5. The summed E-state index contributed by atoms with van der Waals surface area (Å²) in [5, 5.41) is 0.291. The van der Waals surface area contributed by atoms with E-state index < -0.39 is 10.0 Å². The summed E-state index contributed by atoms with van der Waals surface area (Å²) in [4.78, 5) is 1.91. The zero-order valence-corrected chi connectivity index (χ0v) is 14.9. The number of sulfonamides is 1. The molecule has 0 atom stereocenters. The molecule has 2 rings (SSSR count). The van der Waals surface area contributed by atoms with Crippen LogP contribution in [0.4, 0.5) is 5.69 Å². The largest absolute Gasteiger partial charge is 0.495 e. The number of nitrogens with one attached hydrogen (secondary N) is 1. The molecule has 0 radical (unpaired) electrons. The van der Waals surface area contributed by atoms with E-state index in [0.29, 0.717) is 16.5 Å². The molecular weight excluding hydrogens is 346 g/mol. The Morgan fingerprint density at radius 3 is 2.23 bits per heavy atom. The molecule has 0 saturated heterocycles. The van der Waals surface area contributed by atoms with Crippen molar-refractivity contribution in [2.45, 2.75) is 18.7 Å². The number of hydrogen-bond donors (Lipinski definition) is 1. The van der Waals surface area contributed by atoms with Crippen LogP contribution >= 0.6 is 22.9 Å². The standard InChI is InChI=1S/C14H16ClNO4S2/c1-8-5-14(9(2)21-8)22(17,18)16-11-6-10(15)12(19-3)7-13(11)20-4/h5-7,16H,1-4H3. The maximum Gasteiger partial charge on any atom is 0.263 e. The lowest BCUT2D eigenvalue weighted by atomic mass is 10.3. The summed E-state index contributed by atoms with van der Waals surface area (Å²) in [6.45, 7) is 3.63. The minimum atomic E-state index is -3.71. The monoisotopic (exact) mass is 361 g/mol. The number of rotatable bonds is 5. The first-order chi connectivity index (χ1) is 10.3. The van der Waals surface area contributed by atoms with E-state index in [-0.39, 0.29) is 10.6 Å². The lowest BCUT2D eigenvalue weighted by Gasteiger charge is -2.14. The molecule has 5 nitrogen and oxygen atoms in total. The van der Waals surface area contributed by atoms with Gasteiger partial charge in [-0.2, -0.15) is 0 Å². The molecule has 1 N–H and O–H groups in total. The maximum absolute atomic E-state index is 12.5. The summed E-state index contributed by atoms with van der Waals surface area (Å²) in [6.07, 6.45) is 0. The Morgan fingerprint density at radius 1 is 1.09 bits per heavy atom. The highest BCUT2D eigenvalue weighted by molar-refractivity contribution is 7.93. The van der Waals surface area contributed by atoms with Gasteiger partial charge in [-0.3, -0.25) is 4.72 Å². The van der Waals surface area contributed by atoms with Gasteiger partial charge in [0.1, 0.15) is 16.4 Å². The van der Waals surface area contributed by atoms with Crippen LogP contribution in [0.1, 0.15) is 9.75 Å². The van der Waals surface area contributed by atoms with Crippen LogP contribution in [0.15, 0.2) is 23.1 Å². The molecule has 1 heterocycles. The Kier molecular flexibility index (Phi) is 4.89. The van der Waals surface area contributed by atoms with Gasteiger partial charge in [0.15, 0.2) is 0 Å². The number of aryl methyl sites for hydroxylation is 2. The van der Waals surface area contributed by atoms with Gasteiger partial charge in [0, 0.05) is 15.8 Å². The molecule has 1 aromatic heterocycles. The van der Waals surface area contributed by atoms with Crippen LogP contribution in [0.5, 0.6) is 11.5 Å². The lowest BCUT2D eigenvalue weighted by molar-refractivity contribution is 0.396. The Balaban J connectivity index is 2.46. The molecule has 0 aliphatic rings. The summed E-state index contributed by atoms with van der Waals surface area (Å²) in [6, 6.07) is 4.64. The topological polar surface area (TPSA) is 64.6 Å². The average Bonchev–Trinajstić information content (AvgIpc) is 2.78. The third-order valence-electron chi connectivity index (χ3n) is 3.00. The van der Waals surface area contributed by atoms with Crippen LogP contribution < -0.4 is 14.2 Å². The third-order valence-corrected chi connectivity index (χ3v) is 5.89. The van der Waals surface area contributed by atoms with Gasteiger partial charge in [-0.1, -0.05) is 11.6 Å². The van der Waals surface area contributed by atoms with Crippen LogP contribution in [0.25, 0.3) is 0 Å². The fraction of sp³-hybridized carbons (Fsp3) is 0.286. The molecule has 0 fully saturated rings. The number of halogens is 1. The van der Waals surface area contributed by atoms with E-state index in [1.807, 2.05) is 6.92 Å². The highest BCUT2D eigenvalue weighted by Crippen LogP contribution is 2.37. The van der Waals surface area contributed by atoms with Crippen molar-refractivity contribution < 1.29 is 17.9 Å². The number of methoxy groups -OCH3 is 2. The Labute approximate surface area is 138 Å². The zero-order valence-electron chi connectivity index (χ0n) is 12.6. The van der Waals surface area contributed by atoms with Gasteiger partial charge in [0.05, 0.1) is 24.9 Å². The van der Waals surface area contributed by atoms with Crippen LogP contribution in [0.3, 0.4) is 0 Å². The van der Waals surface area contributed by atoms with Gasteiger partial charge in [-0.05, 0) is 26.0 Å². The first-order valence-electron chi connectivity index (χ1n) is 6.30. The molecule has 0 saturated carbocycles. The molecule has 0 aliphatic heterocycles. The molecule has 8 heteroatoms. The summed E-state index contributed by atoms with van der Waals surface area (Å²) in [5.41, 5.74) is 0.261. The first kappa shape index (κ1) is 16.9. The molecule has 0 aliphatic carbocycles. The van der Waals surface area contributed by atoms with Crippen LogP contribution in [-0.2, 0) is 10.0 Å². The van der Waals surface area contributed by atoms with Crippen molar-refractivity contribution in [1.82, 2.24) is 0 Å². The maximum atomic E-state index is 12.5. The molecule has 120 valence electrons. The molecule has 0 spiro atoms. The molecule has 2 aromatic rings. The molecule has 0 amide bonds. The van der Waals surface area contributed by atoms with E-state index in [1.165, 1.54) is 37.7 Å².